The Morgan fingerprint density at radius 3 is 2.81 bits per heavy atom. The second-order valence-corrected chi connectivity index (χ2v) is 5.87. The van der Waals surface area contributed by atoms with Gasteiger partial charge in [0.2, 0.25) is 0 Å². The van der Waals surface area contributed by atoms with E-state index in [4.69, 9.17) is 10.5 Å². The molecule has 0 aliphatic carbocycles. The SMILES string of the molecule is CCC(C)n1ccc(CC(C)(N)c2cccc(OC)c2)n1. The van der Waals surface area contributed by atoms with Crippen LogP contribution in [0.1, 0.15) is 44.5 Å². The molecule has 0 fully saturated rings. The van der Waals surface area contributed by atoms with Crippen LogP contribution in [0.15, 0.2) is 36.5 Å². The van der Waals surface area contributed by atoms with Crippen molar-refractivity contribution in [2.24, 2.45) is 5.73 Å². The van der Waals surface area contributed by atoms with E-state index < -0.39 is 5.54 Å². The molecule has 0 bridgehead atoms. The van der Waals surface area contributed by atoms with Crippen LogP contribution in [0.5, 0.6) is 5.75 Å². The summed E-state index contributed by atoms with van der Waals surface area (Å²) in [6.45, 7) is 6.36. The Morgan fingerprint density at radius 2 is 2.14 bits per heavy atom. The molecule has 4 nitrogen and oxygen atoms in total. The first-order valence-electron chi connectivity index (χ1n) is 7.43. The molecule has 21 heavy (non-hydrogen) atoms. The summed E-state index contributed by atoms with van der Waals surface area (Å²) in [5.41, 5.74) is 8.11. The van der Waals surface area contributed by atoms with Gasteiger partial charge in [-0.05, 0) is 44.0 Å². The fraction of sp³-hybridized carbons (Fsp3) is 0.471. The lowest BCUT2D eigenvalue weighted by atomic mass is 9.88. The van der Waals surface area contributed by atoms with Gasteiger partial charge in [-0.25, -0.2) is 0 Å². The minimum absolute atomic E-state index is 0.416. The van der Waals surface area contributed by atoms with Gasteiger partial charge in [0.05, 0.1) is 12.8 Å². The number of nitrogens with two attached hydrogens (primary N) is 1. The molecule has 0 saturated carbocycles. The second kappa shape index (κ2) is 6.31. The molecule has 2 aromatic rings. The first kappa shape index (κ1) is 15.6. The molecule has 0 amide bonds. The summed E-state index contributed by atoms with van der Waals surface area (Å²) < 4.78 is 7.29. The Morgan fingerprint density at radius 1 is 1.38 bits per heavy atom. The highest BCUT2D eigenvalue weighted by molar-refractivity contribution is 5.33. The topological polar surface area (TPSA) is 53.1 Å². The molecule has 4 heteroatoms. The first-order chi connectivity index (χ1) is 9.96. The van der Waals surface area contributed by atoms with Gasteiger partial charge in [-0.3, -0.25) is 4.68 Å². The van der Waals surface area contributed by atoms with Crippen molar-refractivity contribution in [2.75, 3.05) is 7.11 Å². The van der Waals surface area contributed by atoms with Crippen molar-refractivity contribution in [1.29, 1.82) is 0 Å². The summed E-state index contributed by atoms with van der Waals surface area (Å²) in [6.07, 6.45) is 3.80. The first-order valence-corrected chi connectivity index (χ1v) is 7.43. The van der Waals surface area contributed by atoms with Crippen molar-refractivity contribution >= 4 is 0 Å². The number of benzene rings is 1. The molecular weight excluding hydrogens is 262 g/mol. The van der Waals surface area contributed by atoms with Crippen LogP contribution in [0.25, 0.3) is 0 Å². The van der Waals surface area contributed by atoms with Crippen LogP contribution in [-0.2, 0) is 12.0 Å². The van der Waals surface area contributed by atoms with Gasteiger partial charge in [0.15, 0.2) is 0 Å². The molecule has 2 N–H and O–H groups in total. The number of ether oxygens (including phenoxy) is 1. The van der Waals surface area contributed by atoms with Gasteiger partial charge in [-0.2, -0.15) is 5.10 Å². The van der Waals surface area contributed by atoms with Crippen molar-refractivity contribution in [2.45, 2.75) is 45.2 Å². The van der Waals surface area contributed by atoms with Gasteiger partial charge < -0.3 is 10.5 Å². The molecule has 2 atom stereocenters. The monoisotopic (exact) mass is 287 g/mol. The lowest BCUT2D eigenvalue weighted by molar-refractivity contribution is 0.409. The van der Waals surface area contributed by atoms with Crippen LogP contribution in [0.2, 0.25) is 0 Å². The highest BCUT2D eigenvalue weighted by Gasteiger charge is 2.23. The van der Waals surface area contributed by atoms with Gasteiger partial charge in [0.25, 0.3) is 0 Å². The summed E-state index contributed by atoms with van der Waals surface area (Å²) in [5.74, 6) is 0.828. The van der Waals surface area contributed by atoms with E-state index in [0.29, 0.717) is 12.5 Å². The zero-order valence-electron chi connectivity index (χ0n) is 13.3. The predicted octanol–water partition coefficient (Wildman–Crippen LogP) is 3.28. The Hall–Kier alpha value is -1.81. The van der Waals surface area contributed by atoms with Crippen LogP contribution in [0.4, 0.5) is 0 Å². The molecule has 0 saturated heterocycles. The summed E-state index contributed by atoms with van der Waals surface area (Å²) in [6, 6.07) is 10.4. The van der Waals surface area contributed by atoms with Crippen LogP contribution < -0.4 is 10.5 Å². The lowest BCUT2D eigenvalue weighted by Gasteiger charge is -2.24. The Balaban J connectivity index is 2.18. The van der Waals surface area contributed by atoms with Gasteiger partial charge in [0, 0.05) is 24.2 Å². The maximum atomic E-state index is 6.51. The molecule has 0 aliphatic heterocycles. The standard InChI is InChI=1S/C17H25N3O/c1-5-13(2)20-10-9-15(19-20)12-17(3,18)14-7-6-8-16(11-14)21-4/h6-11,13H,5,12,18H2,1-4H3. The molecule has 1 aromatic heterocycles. The number of aromatic nitrogens is 2. The maximum Gasteiger partial charge on any atom is 0.119 e. The fourth-order valence-corrected chi connectivity index (χ4v) is 2.36. The number of nitrogens with zero attached hydrogens (tertiary/aromatic N) is 2. The average Bonchev–Trinajstić information content (AvgIpc) is 2.94. The molecular formula is C17H25N3O. The minimum Gasteiger partial charge on any atom is -0.497 e. The molecule has 0 aliphatic rings. The van der Waals surface area contributed by atoms with E-state index in [1.807, 2.05) is 42.1 Å². The Bertz CT molecular complexity index is 589. The number of hydrogen-bond donors (Lipinski definition) is 1. The summed E-state index contributed by atoms with van der Waals surface area (Å²) in [4.78, 5) is 0. The summed E-state index contributed by atoms with van der Waals surface area (Å²) in [7, 11) is 1.67. The van der Waals surface area contributed by atoms with E-state index in [1.54, 1.807) is 7.11 Å². The Kier molecular flexibility index (Phi) is 4.68. The van der Waals surface area contributed by atoms with E-state index in [9.17, 15) is 0 Å². The fourth-order valence-electron chi connectivity index (χ4n) is 2.36. The van der Waals surface area contributed by atoms with Crippen LogP contribution in [0.3, 0.4) is 0 Å². The zero-order chi connectivity index (χ0) is 15.5. The molecule has 2 rings (SSSR count). The number of rotatable bonds is 6. The third-order valence-corrected chi connectivity index (χ3v) is 3.98. The highest BCUT2D eigenvalue weighted by Crippen LogP contribution is 2.25. The molecule has 1 heterocycles. The van der Waals surface area contributed by atoms with Gasteiger partial charge in [0.1, 0.15) is 5.75 Å². The van der Waals surface area contributed by atoms with Gasteiger partial charge in [-0.15, -0.1) is 0 Å². The maximum absolute atomic E-state index is 6.51. The van der Waals surface area contributed by atoms with Crippen molar-refractivity contribution in [3.63, 3.8) is 0 Å². The molecule has 0 spiro atoms. The van der Waals surface area contributed by atoms with Crippen LogP contribution in [-0.4, -0.2) is 16.9 Å². The quantitative estimate of drug-likeness (QED) is 0.887. The van der Waals surface area contributed by atoms with Crippen LogP contribution in [0, 0.1) is 0 Å². The second-order valence-electron chi connectivity index (χ2n) is 5.87. The Labute approximate surface area is 126 Å². The zero-order valence-corrected chi connectivity index (χ0v) is 13.3. The van der Waals surface area contributed by atoms with Gasteiger partial charge >= 0.3 is 0 Å². The average molecular weight is 287 g/mol. The normalized spacial score (nSPS) is 15.5. The van der Waals surface area contributed by atoms with E-state index in [2.05, 4.69) is 25.0 Å². The van der Waals surface area contributed by atoms with E-state index in [-0.39, 0.29) is 0 Å². The highest BCUT2D eigenvalue weighted by atomic mass is 16.5. The largest absolute Gasteiger partial charge is 0.497 e. The van der Waals surface area contributed by atoms with E-state index in [1.165, 1.54) is 0 Å². The number of hydrogen-bond acceptors (Lipinski definition) is 3. The smallest absolute Gasteiger partial charge is 0.119 e. The summed E-state index contributed by atoms with van der Waals surface area (Å²) in [5, 5.41) is 4.64. The number of methoxy groups -OCH3 is 1. The third-order valence-electron chi connectivity index (χ3n) is 3.98. The van der Waals surface area contributed by atoms with Crippen LogP contribution >= 0.6 is 0 Å². The van der Waals surface area contributed by atoms with E-state index in [0.717, 1.165) is 23.4 Å². The summed E-state index contributed by atoms with van der Waals surface area (Å²) >= 11 is 0. The van der Waals surface area contributed by atoms with Crippen molar-refractivity contribution in [3.05, 3.63) is 47.8 Å². The van der Waals surface area contributed by atoms with Crippen molar-refractivity contribution in [3.8, 4) is 5.75 Å². The predicted molar refractivity (Wildman–Crippen MR) is 85.5 cm³/mol. The third kappa shape index (κ3) is 3.64. The molecule has 1 aromatic carbocycles. The minimum atomic E-state index is -0.469. The van der Waals surface area contributed by atoms with Crippen molar-refractivity contribution in [1.82, 2.24) is 9.78 Å². The molecule has 0 radical (unpaired) electrons. The van der Waals surface area contributed by atoms with E-state index >= 15 is 0 Å². The lowest BCUT2D eigenvalue weighted by Crippen LogP contribution is -2.35. The van der Waals surface area contributed by atoms with Gasteiger partial charge in [-0.1, -0.05) is 19.1 Å². The molecule has 114 valence electrons. The molecule has 2 unspecified atom stereocenters. The van der Waals surface area contributed by atoms with Crippen molar-refractivity contribution < 1.29 is 4.74 Å².